The molecule has 1 heterocycles. The van der Waals surface area contributed by atoms with Crippen molar-refractivity contribution in [1.29, 1.82) is 0 Å². The highest BCUT2D eigenvalue weighted by molar-refractivity contribution is 7.94. The van der Waals surface area contributed by atoms with Gasteiger partial charge in [-0.2, -0.15) is 0 Å². The fourth-order valence-corrected chi connectivity index (χ4v) is 4.75. The maximum Gasteiger partial charge on any atom is 0.145 e. The lowest BCUT2D eigenvalue weighted by Gasteiger charge is -2.14. The van der Waals surface area contributed by atoms with E-state index < -0.39 is 5.60 Å². The van der Waals surface area contributed by atoms with Gasteiger partial charge in [0.15, 0.2) is 0 Å². The van der Waals surface area contributed by atoms with Crippen molar-refractivity contribution in [1.82, 2.24) is 9.55 Å². The first kappa shape index (κ1) is 23.9. The lowest BCUT2D eigenvalue weighted by atomic mass is 9.99. The van der Waals surface area contributed by atoms with Gasteiger partial charge in [0.2, 0.25) is 0 Å². The van der Waals surface area contributed by atoms with Gasteiger partial charge in [0.05, 0.1) is 28.5 Å². The smallest absolute Gasteiger partial charge is 0.145 e. The van der Waals surface area contributed by atoms with Crippen LogP contribution in [0.25, 0.3) is 28.2 Å². The molecule has 0 bridgehead atoms. The van der Waals surface area contributed by atoms with E-state index in [0.29, 0.717) is 27.3 Å². The average Bonchev–Trinajstić information content (AvgIpc) is 3.19. The van der Waals surface area contributed by atoms with Crippen LogP contribution in [-0.2, 0) is 9.78 Å². The standard InChI is InChI=1S/C26H24Cl2N2O2S/c1-16-13-18(17-7-5-8-19(14-17)33-32-4)11-12-20(16)25-29-23(26(2,3)31)15-30(25)24-21(27)9-6-10-22(24)28/h5-15,31H,1-4H3. The molecule has 0 spiro atoms. The van der Waals surface area contributed by atoms with Crippen molar-refractivity contribution in [3.05, 3.63) is 88.2 Å². The van der Waals surface area contributed by atoms with Crippen molar-refractivity contribution in [3.8, 4) is 28.2 Å². The first-order valence-corrected chi connectivity index (χ1v) is 11.9. The average molecular weight is 499 g/mol. The molecule has 0 amide bonds. The Morgan fingerprint density at radius 3 is 2.27 bits per heavy atom. The topological polar surface area (TPSA) is 47.3 Å². The molecule has 0 atom stereocenters. The van der Waals surface area contributed by atoms with Crippen LogP contribution >= 0.6 is 35.2 Å². The number of halogens is 2. The number of aryl methyl sites for hydroxylation is 1. The highest BCUT2D eigenvalue weighted by atomic mass is 35.5. The van der Waals surface area contributed by atoms with Crippen LogP contribution in [0.4, 0.5) is 0 Å². The summed E-state index contributed by atoms with van der Waals surface area (Å²) in [5.41, 5.74) is 4.18. The van der Waals surface area contributed by atoms with Gasteiger partial charge in [0, 0.05) is 28.7 Å². The van der Waals surface area contributed by atoms with Gasteiger partial charge in [-0.05, 0) is 61.7 Å². The summed E-state index contributed by atoms with van der Waals surface area (Å²) in [4.78, 5) is 5.83. The third-order valence-corrected chi connectivity index (χ3v) is 6.55. The molecule has 4 rings (SSSR count). The molecule has 0 fully saturated rings. The molecule has 170 valence electrons. The molecule has 7 heteroatoms. The van der Waals surface area contributed by atoms with Crippen LogP contribution in [0.3, 0.4) is 0 Å². The van der Waals surface area contributed by atoms with Crippen molar-refractivity contribution >= 4 is 35.2 Å². The largest absolute Gasteiger partial charge is 0.384 e. The van der Waals surface area contributed by atoms with E-state index in [2.05, 4.69) is 24.3 Å². The van der Waals surface area contributed by atoms with Gasteiger partial charge >= 0.3 is 0 Å². The van der Waals surface area contributed by atoms with Crippen molar-refractivity contribution in [2.45, 2.75) is 31.3 Å². The molecular formula is C26H24Cl2N2O2S. The Hall–Kier alpha value is -2.28. The van der Waals surface area contributed by atoms with E-state index in [4.69, 9.17) is 32.4 Å². The zero-order chi connectivity index (χ0) is 23.8. The number of nitrogens with zero attached hydrogens (tertiary/aromatic N) is 2. The summed E-state index contributed by atoms with van der Waals surface area (Å²) in [6.07, 6.45) is 1.79. The normalized spacial score (nSPS) is 11.7. The second-order valence-electron chi connectivity index (χ2n) is 8.26. The molecule has 0 unspecified atom stereocenters. The number of rotatable bonds is 6. The molecule has 0 aliphatic heterocycles. The summed E-state index contributed by atoms with van der Waals surface area (Å²) in [5.74, 6) is 0.662. The van der Waals surface area contributed by atoms with E-state index in [1.165, 1.54) is 12.0 Å². The van der Waals surface area contributed by atoms with Crippen molar-refractivity contribution in [2.24, 2.45) is 0 Å². The van der Waals surface area contributed by atoms with Crippen LogP contribution < -0.4 is 0 Å². The molecule has 0 aliphatic rings. The monoisotopic (exact) mass is 498 g/mol. The molecule has 33 heavy (non-hydrogen) atoms. The number of hydrogen-bond donors (Lipinski definition) is 1. The summed E-state index contributed by atoms with van der Waals surface area (Å²) in [5, 5.41) is 11.6. The fourth-order valence-electron chi connectivity index (χ4n) is 3.67. The van der Waals surface area contributed by atoms with E-state index in [1.807, 2.05) is 29.7 Å². The Morgan fingerprint density at radius 2 is 1.64 bits per heavy atom. The highest BCUT2D eigenvalue weighted by Crippen LogP contribution is 2.36. The Morgan fingerprint density at radius 1 is 0.970 bits per heavy atom. The van der Waals surface area contributed by atoms with Gasteiger partial charge in [-0.1, -0.05) is 59.6 Å². The lowest BCUT2D eigenvalue weighted by molar-refractivity contribution is 0.0743. The predicted octanol–water partition coefficient (Wildman–Crippen LogP) is 7.70. The molecule has 0 saturated carbocycles. The Kier molecular flexibility index (Phi) is 6.89. The van der Waals surface area contributed by atoms with E-state index in [0.717, 1.165) is 27.1 Å². The number of hydrogen-bond acceptors (Lipinski definition) is 4. The van der Waals surface area contributed by atoms with Gasteiger partial charge in [-0.25, -0.2) is 4.98 Å². The van der Waals surface area contributed by atoms with Crippen LogP contribution in [0.15, 0.2) is 71.8 Å². The minimum Gasteiger partial charge on any atom is -0.384 e. The molecule has 1 N–H and O–H groups in total. The first-order chi connectivity index (χ1) is 15.7. The van der Waals surface area contributed by atoms with E-state index in [9.17, 15) is 5.11 Å². The number of aliphatic hydroxyl groups is 1. The number of aromatic nitrogens is 2. The Bertz CT molecular complexity index is 1290. The zero-order valence-corrected chi connectivity index (χ0v) is 21.1. The molecule has 0 radical (unpaired) electrons. The Balaban J connectivity index is 1.86. The SMILES string of the molecule is COSc1cccc(-c2ccc(-c3nc(C(C)(C)O)cn3-c3c(Cl)cccc3Cl)c(C)c2)c1. The van der Waals surface area contributed by atoms with Gasteiger partial charge in [0.1, 0.15) is 11.4 Å². The quantitative estimate of drug-likeness (QED) is 0.276. The number of imidazole rings is 1. The molecule has 4 nitrogen and oxygen atoms in total. The molecule has 1 aromatic heterocycles. The van der Waals surface area contributed by atoms with Crippen LogP contribution in [0.5, 0.6) is 0 Å². The molecular weight excluding hydrogens is 475 g/mol. The van der Waals surface area contributed by atoms with E-state index >= 15 is 0 Å². The third-order valence-electron chi connectivity index (χ3n) is 5.33. The number of para-hydroxylation sites is 1. The lowest BCUT2D eigenvalue weighted by Crippen LogP contribution is -2.15. The maximum atomic E-state index is 10.6. The third kappa shape index (κ3) is 4.98. The molecule has 0 saturated heterocycles. The second-order valence-corrected chi connectivity index (χ2v) is 10.0. The second kappa shape index (κ2) is 9.53. The van der Waals surface area contributed by atoms with Crippen molar-refractivity contribution in [2.75, 3.05) is 7.11 Å². The summed E-state index contributed by atoms with van der Waals surface area (Å²) in [6.45, 7) is 5.46. The Labute approximate surface area is 208 Å². The maximum absolute atomic E-state index is 10.6. The zero-order valence-electron chi connectivity index (χ0n) is 18.8. The highest BCUT2D eigenvalue weighted by Gasteiger charge is 2.25. The van der Waals surface area contributed by atoms with Crippen LogP contribution in [0, 0.1) is 6.92 Å². The predicted molar refractivity (Wildman–Crippen MR) is 137 cm³/mol. The summed E-state index contributed by atoms with van der Waals surface area (Å²) < 4.78 is 7.04. The molecule has 3 aromatic carbocycles. The van der Waals surface area contributed by atoms with Crippen LogP contribution in [0.2, 0.25) is 10.0 Å². The fraction of sp³-hybridized carbons (Fsp3) is 0.192. The van der Waals surface area contributed by atoms with Crippen LogP contribution in [-0.4, -0.2) is 21.8 Å². The van der Waals surface area contributed by atoms with Crippen molar-refractivity contribution in [3.63, 3.8) is 0 Å². The summed E-state index contributed by atoms with van der Waals surface area (Å²) in [6, 6.07) is 19.8. The van der Waals surface area contributed by atoms with E-state index in [1.54, 1.807) is 45.4 Å². The number of benzene rings is 3. The summed E-state index contributed by atoms with van der Waals surface area (Å²) >= 11 is 14.4. The first-order valence-electron chi connectivity index (χ1n) is 10.4. The molecule has 4 aromatic rings. The summed E-state index contributed by atoms with van der Waals surface area (Å²) in [7, 11) is 1.66. The minimum atomic E-state index is -1.12. The van der Waals surface area contributed by atoms with Gasteiger partial charge in [-0.15, -0.1) is 0 Å². The van der Waals surface area contributed by atoms with Gasteiger partial charge < -0.3 is 9.29 Å². The van der Waals surface area contributed by atoms with Crippen molar-refractivity contribution < 1.29 is 9.29 Å². The van der Waals surface area contributed by atoms with Gasteiger partial charge in [0.25, 0.3) is 0 Å². The van der Waals surface area contributed by atoms with Crippen LogP contribution in [0.1, 0.15) is 25.1 Å². The van der Waals surface area contributed by atoms with E-state index in [-0.39, 0.29) is 0 Å². The minimum absolute atomic E-state index is 0.505. The van der Waals surface area contributed by atoms with Gasteiger partial charge in [-0.3, -0.25) is 4.57 Å². The molecule has 0 aliphatic carbocycles.